The summed E-state index contributed by atoms with van der Waals surface area (Å²) in [4.78, 5) is 19.5. The van der Waals surface area contributed by atoms with E-state index < -0.39 is 12.5 Å². The molecule has 3 aromatic rings. The third kappa shape index (κ3) is 7.76. The average Bonchev–Trinajstić information content (AvgIpc) is 3.14. The molecule has 0 aliphatic carbocycles. The van der Waals surface area contributed by atoms with E-state index in [2.05, 4.69) is 32.3 Å². The molecule has 0 radical (unpaired) electrons. The fraction of sp³-hybridized carbons (Fsp3) is 0.407. The van der Waals surface area contributed by atoms with Gasteiger partial charge in [0, 0.05) is 30.6 Å². The molecule has 0 fully saturated rings. The van der Waals surface area contributed by atoms with Gasteiger partial charge in [0.15, 0.2) is 0 Å². The van der Waals surface area contributed by atoms with Crippen LogP contribution in [0.15, 0.2) is 41.5 Å². The minimum absolute atomic E-state index is 0.157. The van der Waals surface area contributed by atoms with Gasteiger partial charge in [-0.3, -0.25) is 4.99 Å². The van der Waals surface area contributed by atoms with Crippen LogP contribution in [0, 0.1) is 12.8 Å². The van der Waals surface area contributed by atoms with E-state index in [1.165, 1.54) is 12.1 Å². The summed E-state index contributed by atoms with van der Waals surface area (Å²) in [5, 5.41) is 17.4. The van der Waals surface area contributed by atoms with Crippen LogP contribution in [0.1, 0.15) is 48.5 Å². The van der Waals surface area contributed by atoms with Crippen LogP contribution in [-0.2, 0) is 13.0 Å². The van der Waals surface area contributed by atoms with Gasteiger partial charge in [-0.2, -0.15) is 4.98 Å². The largest absolute Gasteiger partial charge is 0.573 e. The summed E-state index contributed by atoms with van der Waals surface area (Å²) in [6.45, 7) is 6.65. The van der Waals surface area contributed by atoms with Crippen molar-refractivity contribution in [3.8, 4) is 16.3 Å². The Hall–Kier alpha value is -3.51. The minimum atomic E-state index is -4.73. The lowest BCUT2D eigenvalue weighted by Gasteiger charge is -2.19. The number of ether oxygens (including phenoxy) is 1. The summed E-state index contributed by atoms with van der Waals surface area (Å²) in [6, 6.07) is 5.63. The highest BCUT2D eigenvalue weighted by Crippen LogP contribution is 2.35. The number of aliphatic hydroxyl groups excluding tert-OH is 1. The maximum atomic E-state index is 12.4. The van der Waals surface area contributed by atoms with Crippen LogP contribution in [0.5, 0.6) is 5.75 Å². The average molecular weight is 561 g/mol. The Kier molecular flexibility index (Phi) is 9.18. The number of aliphatic imine (C=N–C) groups is 1. The molecule has 0 amide bonds. The number of anilines is 2. The third-order valence-electron chi connectivity index (χ3n) is 6.34. The molecule has 0 saturated heterocycles. The number of allylic oxidation sites excluding steroid dienone is 1. The molecule has 2 atom stereocenters. The molecule has 2 aromatic heterocycles. The summed E-state index contributed by atoms with van der Waals surface area (Å²) in [5.74, 6) is 0.874. The Morgan fingerprint density at radius 3 is 2.59 bits per heavy atom. The van der Waals surface area contributed by atoms with E-state index in [1.54, 1.807) is 42.8 Å². The van der Waals surface area contributed by atoms with Crippen molar-refractivity contribution >= 4 is 29.3 Å². The minimum Gasteiger partial charge on any atom is -0.406 e. The van der Waals surface area contributed by atoms with Crippen molar-refractivity contribution in [2.75, 3.05) is 17.2 Å². The molecular weight excluding hydrogens is 529 g/mol. The quantitative estimate of drug-likeness (QED) is 0.260. The first-order chi connectivity index (χ1) is 18.6. The molecular formula is C27H31F3N6O2S. The Morgan fingerprint density at radius 1 is 1.13 bits per heavy atom. The molecule has 3 N–H and O–H groups in total. The highest BCUT2D eigenvalue weighted by molar-refractivity contribution is 7.15. The number of aliphatic hydroxyl groups is 1. The van der Waals surface area contributed by atoms with E-state index in [-0.39, 0.29) is 11.7 Å². The first kappa shape index (κ1) is 28.5. The maximum Gasteiger partial charge on any atom is 0.573 e. The Balaban J connectivity index is 1.56. The lowest BCUT2D eigenvalue weighted by Crippen LogP contribution is -2.20. The fourth-order valence-corrected chi connectivity index (χ4v) is 5.35. The van der Waals surface area contributed by atoms with Gasteiger partial charge in [-0.1, -0.05) is 31.6 Å². The van der Waals surface area contributed by atoms with Gasteiger partial charge in [0.1, 0.15) is 16.6 Å². The molecule has 0 bridgehead atoms. The second-order valence-corrected chi connectivity index (χ2v) is 10.3. The predicted molar refractivity (Wildman–Crippen MR) is 147 cm³/mol. The lowest BCUT2D eigenvalue weighted by atomic mass is 9.97. The van der Waals surface area contributed by atoms with Crippen LogP contribution in [0.4, 0.5) is 24.9 Å². The van der Waals surface area contributed by atoms with Crippen molar-refractivity contribution in [2.45, 2.75) is 59.0 Å². The fourth-order valence-electron chi connectivity index (χ4n) is 4.24. The first-order valence-corrected chi connectivity index (χ1v) is 13.5. The highest BCUT2D eigenvalue weighted by Gasteiger charge is 2.31. The Morgan fingerprint density at radius 2 is 1.90 bits per heavy atom. The van der Waals surface area contributed by atoms with E-state index in [1.807, 2.05) is 13.0 Å². The number of nitrogens with one attached hydrogen (secondary N) is 2. The smallest absolute Gasteiger partial charge is 0.406 e. The molecule has 8 nitrogen and oxygen atoms in total. The van der Waals surface area contributed by atoms with Crippen molar-refractivity contribution < 1.29 is 23.0 Å². The summed E-state index contributed by atoms with van der Waals surface area (Å²) in [5.41, 5.74) is 3.09. The standard InChI is InChI=1S/C27H31F3N6O2S/c1-4-19(17(3)37)11-13-32-24-23(25-35-21-15-31-12-5-6-22(21)39-25)16(2)34-26(36-24)33-14-18-7-9-20(10-8-18)38-27(28,29)30/h5,7-10,12,15,17,19,37H,4,6,11,13-14H2,1-3H3,(H2,32,33,34,36). The van der Waals surface area contributed by atoms with Gasteiger partial charge in [-0.15, -0.1) is 24.5 Å². The van der Waals surface area contributed by atoms with Crippen LogP contribution >= 0.6 is 11.3 Å². The molecule has 208 valence electrons. The second kappa shape index (κ2) is 12.6. The number of aromatic nitrogens is 3. The molecule has 1 aliphatic heterocycles. The van der Waals surface area contributed by atoms with Crippen LogP contribution in [-0.4, -0.2) is 45.3 Å². The van der Waals surface area contributed by atoms with Gasteiger partial charge in [0.05, 0.1) is 29.3 Å². The number of alkyl halides is 3. The van der Waals surface area contributed by atoms with Gasteiger partial charge in [0.25, 0.3) is 0 Å². The number of aryl methyl sites for hydroxylation is 1. The molecule has 0 spiro atoms. The summed E-state index contributed by atoms with van der Waals surface area (Å²) in [7, 11) is 0. The number of hydrogen-bond acceptors (Lipinski definition) is 9. The Labute approximate surface area is 229 Å². The number of benzene rings is 1. The normalized spacial score (nSPS) is 14.4. The van der Waals surface area contributed by atoms with Gasteiger partial charge in [-0.05, 0) is 43.9 Å². The van der Waals surface area contributed by atoms with Crippen molar-refractivity contribution in [3.63, 3.8) is 0 Å². The first-order valence-electron chi connectivity index (χ1n) is 12.7. The zero-order valence-corrected chi connectivity index (χ0v) is 22.7. The highest BCUT2D eigenvalue weighted by atomic mass is 32.1. The topological polar surface area (TPSA) is 105 Å². The summed E-state index contributed by atoms with van der Waals surface area (Å²) in [6.07, 6.45) is 2.73. The number of thiazole rings is 1. The van der Waals surface area contributed by atoms with Gasteiger partial charge in [-0.25, -0.2) is 9.97 Å². The zero-order valence-electron chi connectivity index (χ0n) is 21.9. The number of fused-ring (bicyclic) bond motifs is 1. The molecule has 1 aliphatic rings. The molecule has 0 saturated carbocycles. The summed E-state index contributed by atoms with van der Waals surface area (Å²) < 4.78 is 41.2. The molecule has 2 unspecified atom stereocenters. The molecule has 39 heavy (non-hydrogen) atoms. The predicted octanol–water partition coefficient (Wildman–Crippen LogP) is 6.12. The number of rotatable bonds is 11. The van der Waals surface area contributed by atoms with E-state index >= 15 is 0 Å². The van der Waals surface area contributed by atoms with Crippen molar-refractivity contribution in [3.05, 3.63) is 58.4 Å². The van der Waals surface area contributed by atoms with Crippen LogP contribution < -0.4 is 15.4 Å². The van der Waals surface area contributed by atoms with Crippen molar-refractivity contribution in [1.82, 2.24) is 15.0 Å². The van der Waals surface area contributed by atoms with E-state index in [9.17, 15) is 18.3 Å². The van der Waals surface area contributed by atoms with Gasteiger partial charge >= 0.3 is 6.36 Å². The summed E-state index contributed by atoms with van der Waals surface area (Å²) >= 11 is 1.57. The maximum absolute atomic E-state index is 12.4. The molecule has 1 aromatic carbocycles. The van der Waals surface area contributed by atoms with Crippen molar-refractivity contribution in [2.24, 2.45) is 10.9 Å². The lowest BCUT2D eigenvalue weighted by molar-refractivity contribution is -0.274. The SMILES string of the molecule is CCC(CCNc1nc(NCc2ccc(OC(F)(F)F)cc2)nc(C)c1-c1nc2c(s1)CC=CN=C2)C(C)O. The van der Waals surface area contributed by atoms with Gasteiger partial charge < -0.3 is 20.5 Å². The third-order valence-corrected chi connectivity index (χ3v) is 7.46. The van der Waals surface area contributed by atoms with E-state index in [0.29, 0.717) is 24.9 Å². The molecule has 12 heteroatoms. The Bertz CT molecular complexity index is 1320. The van der Waals surface area contributed by atoms with E-state index in [0.717, 1.165) is 51.7 Å². The van der Waals surface area contributed by atoms with Crippen LogP contribution in [0.3, 0.4) is 0 Å². The monoisotopic (exact) mass is 560 g/mol. The van der Waals surface area contributed by atoms with Crippen molar-refractivity contribution in [1.29, 1.82) is 0 Å². The van der Waals surface area contributed by atoms with Crippen LogP contribution in [0.25, 0.3) is 10.6 Å². The second-order valence-electron chi connectivity index (χ2n) is 9.22. The van der Waals surface area contributed by atoms with Gasteiger partial charge in [0.2, 0.25) is 5.95 Å². The molecule has 3 heterocycles. The van der Waals surface area contributed by atoms with E-state index in [4.69, 9.17) is 9.97 Å². The van der Waals surface area contributed by atoms with Crippen LogP contribution in [0.2, 0.25) is 0 Å². The number of nitrogens with zero attached hydrogens (tertiary/aromatic N) is 4. The number of hydrogen-bond donors (Lipinski definition) is 3. The number of halogens is 3. The molecule has 4 rings (SSSR count). The zero-order chi connectivity index (χ0) is 28.0.